The molecule has 2 aromatic heterocycles. The molecular formula is C11H15N7O. The monoisotopic (exact) mass is 261 g/mol. The van der Waals surface area contributed by atoms with Gasteiger partial charge in [0.2, 0.25) is 5.82 Å². The smallest absolute Gasteiger partial charge is 0.291 e. The fourth-order valence-electron chi connectivity index (χ4n) is 2.49. The molecule has 1 atom stereocenters. The van der Waals surface area contributed by atoms with Crippen LogP contribution >= 0.6 is 0 Å². The molecule has 0 saturated carbocycles. The molecule has 0 aromatic carbocycles. The normalized spacial score (nSPS) is 19.6. The zero-order chi connectivity index (χ0) is 13.2. The van der Waals surface area contributed by atoms with Crippen LogP contribution in [0.3, 0.4) is 0 Å². The van der Waals surface area contributed by atoms with Gasteiger partial charge in [-0.1, -0.05) is 0 Å². The van der Waals surface area contributed by atoms with Gasteiger partial charge in [-0.25, -0.2) is 4.98 Å². The van der Waals surface area contributed by atoms with Crippen LogP contribution < -0.4 is 0 Å². The van der Waals surface area contributed by atoms with E-state index in [-0.39, 0.29) is 11.8 Å². The first kappa shape index (κ1) is 11.8. The number of amides is 1. The van der Waals surface area contributed by atoms with E-state index in [2.05, 4.69) is 25.4 Å². The maximum Gasteiger partial charge on any atom is 0.291 e. The molecule has 8 heteroatoms. The summed E-state index contributed by atoms with van der Waals surface area (Å²) in [5.41, 5.74) is 0. The lowest BCUT2D eigenvalue weighted by Crippen LogP contribution is -2.40. The molecule has 100 valence electrons. The van der Waals surface area contributed by atoms with E-state index in [9.17, 15) is 4.79 Å². The molecule has 1 aliphatic rings. The van der Waals surface area contributed by atoms with Gasteiger partial charge in [-0.3, -0.25) is 9.89 Å². The number of carbonyl (C=O) groups excluding carboxylic acids is 1. The Morgan fingerprint density at radius 1 is 1.53 bits per heavy atom. The Labute approximate surface area is 109 Å². The molecule has 1 amide bonds. The van der Waals surface area contributed by atoms with Gasteiger partial charge in [-0.05, 0) is 12.8 Å². The lowest BCUT2D eigenvalue weighted by Gasteiger charge is -2.31. The quantitative estimate of drug-likeness (QED) is 0.818. The average Bonchev–Trinajstić information content (AvgIpc) is 3.09. The second-order valence-corrected chi connectivity index (χ2v) is 4.72. The van der Waals surface area contributed by atoms with E-state index < -0.39 is 0 Å². The van der Waals surface area contributed by atoms with Crippen molar-refractivity contribution in [3.8, 4) is 0 Å². The lowest BCUT2D eigenvalue weighted by atomic mass is 9.97. The topological polar surface area (TPSA) is 92.6 Å². The van der Waals surface area contributed by atoms with Crippen LogP contribution in [0.25, 0.3) is 0 Å². The third kappa shape index (κ3) is 2.20. The highest BCUT2D eigenvalue weighted by Crippen LogP contribution is 2.25. The zero-order valence-electron chi connectivity index (χ0n) is 10.7. The highest BCUT2D eigenvalue weighted by atomic mass is 16.2. The van der Waals surface area contributed by atoms with Crippen LogP contribution in [0, 0.1) is 0 Å². The molecule has 0 aliphatic carbocycles. The van der Waals surface area contributed by atoms with Gasteiger partial charge < -0.3 is 9.47 Å². The van der Waals surface area contributed by atoms with Gasteiger partial charge in [0.05, 0.1) is 0 Å². The van der Waals surface area contributed by atoms with Crippen LogP contribution in [0.15, 0.2) is 12.7 Å². The number of aromatic amines is 1. The zero-order valence-corrected chi connectivity index (χ0v) is 10.7. The Hall–Kier alpha value is -2.25. The molecule has 3 rings (SSSR count). The summed E-state index contributed by atoms with van der Waals surface area (Å²) in [7, 11) is 1.92. The molecule has 1 unspecified atom stereocenters. The average molecular weight is 261 g/mol. The Morgan fingerprint density at radius 3 is 3.11 bits per heavy atom. The third-order valence-electron chi connectivity index (χ3n) is 3.44. The highest BCUT2D eigenvalue weighted by Gasteiger charge is 2.28. The minimum Gasteiger partial charge on any atom is -0.335 e. The molecule has 0 radical (unpaired) electrons. The minimum absolute atomic E-state index is 0.107. The molecule has 1 N–H and O–H groups in total. The summed E-state index contributed by atoms with van der Waals surface area (Å²) in [5, 5.41) is 14.4. The number of hydrogen-bond acceptors (Lipinski definition) is 5. The van der Waals surface area contributed by atoms with E-state index in [1.807, 2.05) is 11.6 Å². The van der Waals surface area contributed by atoms with Gasteiger partial charge in [0.1, 0.15) is 18.5 Å². The largest absolute Gasteiger partial charge is 0.335 e. The summed E-state index contributed by atoms with van der Waals surface area (Å²) in [6.45, 7) is 1.39. The summed E-state index contributed by atoms with van der Waals surface area (Å²) in [5.74, 6) is 1.34. The van der Waals surface area contributed by atoms with Crippen molar-refractivity contribution in [1.29, 1.82) is 0 Å². The first-order chi connectivity index (χ1) is 9.25. The van der Waals surface area contributed by atoms with Crippen LogP contribution in [0.4, 0.5) is 0 Å². The van der Waals surface area contributed by atoms with Crippen molar-refractivity contribution < 1.29 is 4.79 Å². The molecule has 1 aliphatic heterocycles. The summed E-state index contributed by atoms with van der Waals surface area (Å²) in [4.78, 5) is 17.9. The SMILES string of the molecule is Cn1cnnc1C1CCCN(C(=O)c2ncn[nH]2)C1. The van der Waals surface area contributed by atoms with Crippen molar-refractivity contribution in [1.82, 2.24) is 34.8 Å². The number of hydrogen-bond donors (Lipinski definition) is 1. The van der Waals surface area contributed by atoms with Crippen molar-refractivity contribution in [3.63, 3.8) is 0 Å². The molecule has 8 nitrogen and oxygen atoms in total. The first-order valence-corrected chi connectivity index (χ1v) is 6.24. The van der Waals surface area contributed by atoms with E-state index >= 15 is 0 Å². The van der Waals surface area contributed by atoms with E-state index in [1.54, 1.807) is 11.2 Å². The summed E-state index contributed by atoms with van der Waals surface area (Å²) in [6.07, 6.45) is 5.01. The predicted molar refractivity (Wildman–Crippen MR) is 65.3 cm³/mol. The van der Waals surface area contributed by atoms with Gasteiger partial charge in [-0.2, -0.15) is 5.10 Å². The number of aryl methyl sites for hydroxylation is 1. The first-order valence-electron chi connectivity index (χ1n) is 6.24. The number of H-pyrrole nitrogens is 1. The van der Waals surface area contributed by atoms with E-state index in [1.165, 1.54) is 6.33 Å². The molecule has 1 saturated heterocycles. The highest BCUT2D eigenvalue weighted by molar-refractivity contribution is 5.90. The lowest BCUT2D eigenvalue weighted by molar-refractivity contribution is 0.0691. The van der Waals surface area contributed by atoms with Crippen molar-refractivity contribution >= 4 is 5.91 Å². The van der Waals surface area contributed by atoms with Crippen molar-refractivity contribution in [2.45, 2.75) is 18.8 Å². The second kappa shape index (κ2) is 4.79. The molecule has 0 spiro atoms. The van der Waals surface area contributed by atoms with E-state index in [0.29, 0.717) is 12.4 Å². The van der Waals surface area contributed by atoms with Crippen LogP contribution in [0.5, 0.6) is 0 Å². The van der Waals surface area contributed by atoms with Crippen LogP contribution in [-0.2, 0) is 7.05 Å². The number of aromatic nitrogens is 6. The number of carbonyl (C=O) groups is 1. The fourth-order valence-corrected chi connectivity index (χ4v) is 2.49. The van der Waals surface area contributed by atoms with Gasteiger partial charge in [0, 0.05) is 26.1 Å². The fraction of sp³-hybridized carbons (Fsp3) is 0.545. The third-order valence-corrected chi connectivity index (χ3v) is 3.44. The summed E-state index contributed by atoms with van der Waals surface area (Å²) >= 11 is 0. The van der Waals surface area contributed by atoms with Crippen molar-refractivity contribution in [2.24, 2.45) is 7.05 Å². The standard InChI is InChI=1S/C11H15N7O/c1-17-7-14-16-10(17)8-3-2-4-18(5-8)11(19)9-12-6-13-15-9/h6-8H,2-5H2,1H3,(H,12,13,15). The molecule has 1 fully saturated rings. The molecule has 0 bridgehead atoms. The molecule has 19 heavy (non-hydrogen) atoms. The number of piperidine rings is 1. The number of nitrogens with zero attached hydrogens (tertiary/aromatic N) is 6. The van der Waals surface area contributed by atoms with E-state index in [0.717, 1.165) is 25.2 Å². The Bertz CT molecular complexity index is 561. The van der Waals surface area contributed by atoms with E-state index in [4.69, 9.17) is 0 Å². The Morgan fingerprint density at radius 2 is 2.42 bits per heavy atom. The molecule has 3 heterocycles. The van der Waals surface area contributed by atoms with Crippen LogP contribution in [0.2, 0.25) is 0 Å². The Kier molecular flexibility index (Phi) is 2.98. The van der Waals surface area contributed by atoms with Gasteiger partial charge in [-0.15, -0.1) is 10.2 Å². The van der Waals surface area contributed by atoms with Crippen LogP contribution in [0.1, 0.15) is 35.2 Å². The minimum atomic E-state index is -0.107. The predicted octanol–water partition coefficient (Wildman–Crippen LogP) is -0.0470. The van der Waals surface area contributed by atoms with Crippen molar-refractivity contribution in [2.75, 3.05) is 13.1 Å². The Balaban J connectivity index is 1.75. The molecule has 2 aromatic rings. The summed E-state index contributed by atoms with van der Waals surface area (Å²) in [6, 6.07) is 0. The maximum absolute atomic E-state index is 12.2. The van der Waals surface area contributed by atoms with Crippen molar-refractivity contribution in [3.05, 3.63) is 24.3 Å². The molecular weight excluding hydrogens is 246 g/mol. The van der Waals surface area contributed by atoms with Gasteiger partial charge in [0.25, 0.3) is 5.91 Å². The number of rotatable bonds is 2. The van der Waals surface area contributed by atoms with Gasteiger partial charge in [0.15, 0.2) is 0 Å². The number of likely N-dealkylation sites (tertiary alicyclic amines) is 1. The van der Waals surface area contributed by atoms with Gasteiger partial charge >= 0.3 is 0 Å². The second-order valence-electron chi connectivity index (χ2n) is 4.72. The maximum atomic E-state index is 12.2. The van der Waals surface area contributed by atoms with Crippen LogP contribution in [-0.4, -0.2) is 53.8 Å². The summed E-state index contributed by atoms with van der Waals surface area (Å²) < 4.78 is 1.91. The number of nitrogens with one attached hydrogen (secondary N) is 1.